The molecular formula is C9H19NO2. The molecule has 3 heteroatoms. The Morgan fingerprint density at radius 3 is 3.00 bits per heavy atom. The van der Waals surface area contributed by atoms with Gasteiger partial charge in [-0.05, 0) is 20.3 Å². The van der Waals surface area contributed by atoms with Gasteiger partial charge in [0.25, 0.3) is 0 Å². The van der Waals surface area contributed by atoms with E-state index in [0.717, 1.165) is 32.8 Å². The SMILES string of the molecule is CCOCCNC1CCOC1C. The smallest absolute Gasteiger partial charge is 0.0700 e. The molecule has 0 aliphatic carbocycles. The zero-order valence-electron chi connectivity index (χ0n) is 8.01. The van der Waals surface area contributed by atoms with Crippen molar-refractivity contribution >= 4 is 0 Å². The van der Waals surface area contributed by atoms with Crippen molar-refractivity contribution in [2.75, 3.05) is 26.4 Å². The summed E-state index contributed by atoms with van der Waals surface area (Å²) in [6.07, 6.45) is 1.50. The fourth-order valence-corrected chi connectivity index (χ4v) is 1.46. The minimum atomic E-state index is 0.367. The summed E-state index contributed by atoms with van der Waals surface area (Å²) in [4.78, 5) is 0. The Morgan fingerprint density at radius 1 is 1.58 bits per heavy atom. The van der Waals surface area contributed by atoms with Crippen LogP contribution in [-0.4, -0.2) is 38.5 Å². The van der Waals surface area contributed by atoms with Gasteiger partial charge in [0.05, 0.1) is 12.7 Å². The summed E-state index contributed by atoms with van der Waals surface area (Å²) < 4.78 is 10.6. The van der Waals surface area contributed by atoms with Gasteiger partial charge in [0.15, 0.2) is 0 Å². The molecule has 0 aromatic heterocycles. The van der Waals surface area contributed by atoms with E-state index in [1.165, 1.54) is 0 Å². The highest BCUT2D eigenvalue weighted by Gasteiger charge is 2.22. The molecule has 72 valence electrons. The lowest BCUT2D eigenvalue weighted by molar-refractivity contribution is 0.107. The van der Waals surface area contributed by atoms with Crippen LogP contribution in [0.5, 0.6) is 0 Å². The maximum absolute atomic E-state index is 5.42. The highest BCUT2D eigenvalue weighted by atomic mass is 16.5. The first-order chi connectivity index (χ1) is 5.84. The number of hydrogen-bond acceptors (Lipinski definition) is 3. The topological polar surface area (TPSA) is 30.5 Å². The zero-order chi connectivity index (χ0) is 8.81. The fraction of sp³-hybridized carbons (Fsp3) is 1.00. The number of rotatable bonds is 5. The molecule has 1 heterocycles. The van der Waals surface area contributed by atoms with E-state index in [1.807, 2.05) is 6.92 Å². The lowest BCUT2D eigenvalue weighted by Crippen LogP contribution is -2.36. The van der Waals surface area contributed by atoms with Crippen LogP contribution in [0.4, 0.5) is 0 Å². The Bertz CT molecular complexity index is 119. The Kier molecular flexibility index (Phi) is 4.58. The third-order valence-electron chi connectivity index (χ3n) is 2.23. The number of nitrogens with one attached hydrogen (secondary N) is 1. The average molecular weight is 173 g/mol. The van der Waals surface area contributed by atoms with E-state index in [4.69, 9.17) is 9.47 Å². The lowest BCUT2D eigenvalue weighted by atomic mass is 10.1. The first kappa shape index (κ1) is 9.96. The standard InChI is InChI=1S/C9H19NO2/c1-3-11-7-5-10-9-4-6-12-8(9)2/h8-10H,3-7H2,1-2H3. The second-order valence-corrected chi connectivity index (χ2v) is 3.12. The first-order valence-electron chi connectivity index (χ1n) is 4.77. The minimum Gasteiger partial charge on any atom is -0.380 e. The van der Waals surface area contributed by atoms with Crippen LogP contribution in [0.2, 0.25) is 0 Å². The van der Waals surface area contributed by atoms with Crippen molar-refractivity contribution in [2.24, 2.45) is 0 Å². The maximum atomic E-state index is 5.42. The summed E-state index contributed by atoms with van der Waals surface area (Å²) in [5, 5.41) is 3.42. The molecule has 1 fully saturated rings. The van der Waals surface area contributed by atoms with Gasteiger partial charge in [-0.25, -0.2) is 0 Å². The van der Waals surface area contributed by atoms with Crippen LogP contribution in [0.3, 0.4) is 0 Å². The van der Waals surface area contributed by atoms with Crippen molar-refractivity contribution < 1.29 is 9.47 Å². The van der Waals surface area contributed by atoms with E-state index >= 15 is 0 Å². The van der Waals surface area contributed by atoms with Gasteiger partial charge in [-0.1, -0.05) is 0 Å². The molecule has 1 N–H and O–H groups in total. The third-order valence-corrected chi connectivity index (χ3v) is 2.23. The largest absolute Gasteiger partial charge is 0.380 e. The highest BCUT2D eigenvalue weighted by molar-refractivity contribution is 4.78. The van der Waals surface area contributed by atoms with E-state index in [-0.39, 0.29) is 0 Å². The van der Waals surface area contributed by atoms with E-state index in [2.05, 4.69) is 12.2 Å². The molecule has 1 saturated heterocycles. The molecule has 1 aliphatic heterocycles. The van der Waals surface area contributed by atoms with Gasteiger partial charge in [0.2, 0.25) is 0 Å². The van der Waals surface area contributed by atoms with Crippen molar-refractivity contribution in [3.05, 3.63) is 0 Å². The van der Waals surface area contributed by atoms with Crippen molar-refractivity contribution in [3.8, 4) is 0 Å². The van der Waals surface area contributed by atoms with Crippen LogP contribution >= 0.6 is 0 Å². The highest BCUT2D eigenvalue weighted by Crippen LogP contribution is 2.11. The van der Waals surface area contributed by atoms with Crippen LogP contribution in [0, 0.1) is 0 Å². The summed E-state index contributed by atoms with van der Waals surface area (Å²) >= 11 is 0. The summed E-state index contributed by atoms with van der Waals surface area (Å²) in [5.41, 5.74) is 0. The number of hydrogen-bond donors (Lipinski definition) is 1. The summed E-state index contributed by atoms with van der Waals surface area (Å²) in [5.74, 6) is 0. The quantitative estimate of drug-likeness (QED) is 0.623. The van der Waals surface area contributed by atoms with Crippen molar-refractivity contribution in [2.45, 2.75) is 32.4 Å². The van der Waals surface area contributed by atoms with Crippen molar-refractivity contribution in [1.82, 2.24) is 5.32 Å². The maximum Gasteiger partial charge on any atom is 0.0700 e. The molecule has 0 radical (unpaired) electrons. The monoisotopic (exact) mass is 173 g/mol. The summed E-state index contributed by atoms with van der Waals surface area (Å²) in [6, 6.07) is 0.533. The Morgan fingerprint density at radius 2 is 2.42 bits per heavy atom. The van der Waals surface area contributed by atoms with Gasteiger partial charge in [-0.2, -0.15) is 0 Å². The lowest BCUT2D eigenvalue weighted by Gasteiger charge is -2.15. The molecule has 0 spiro atoms. The molecule has 0 saturated carbocycles. The molecule has 0 aromatic rings. The van der Waals surface area contributed by atoms with E-state index in [9.17, 15) is 0 Å². The van der Waals surface area contributed by atoms with Crippen LogP contribution < -0.4 is 5.32 Å². The molecule has 1 rings (SSSR count). The van der Waals surface area contributed by atoms with Gasteiger partial charge in [-0.15, -0.1) is 0 Å². The molecule has 0 amide bonds. The predicted octanol–water partition coefficient (Wildman–Crippen LogP) is 0.790. The van der Waals surface area contributed by atoms with Gasteiger partial charge in [0.1, 0.15) is 0 Å². The average Bonchev–Trinajstić information content (AvgIpc) is 2.46. The van der Waals surface area contributed by atoms with Gasteiger partial charge < -0.3 is 14.8 Å². The Balaban J connectivity index is 1.98. The molecule has 1 aliphatic rings. The second-order valence-electron chi connectivity index (χ2n) is 3.12. The first-order valence-corrected chi connectivity index (χ1v) is 4.77. The molecule has 2 atom stereocenters. The molecule has 12 heavy (non-hydrogen) atoms. The van der Waals surface area contributed by atoms with Crippen LogP contribution in [0.15, 0.2) is 0 Å². The Labute approximate surface area is 74.4 Å². The van der Waals surface area contributed by atoms with E-state index in [0.29, 0.717) is 12.1 Å². The summed E-state index contributed by atoms with van der Waals surface area (Å²) in [6.45, 7) is 7.57. The number of ether oxygens (including phenoxy) is 2. The van der Waals surface area contributed by atoms with Gasteiger partial charge >= 0.3 is 0 Å². The van der Waals surface area contributed by atoms with Crippen LogP contribution in [-0.2, 0) is 9.47 Å². The minimum absolute atomic E-state index is 0.367. The van der Waals surface area contributed by atoms with Crippen LogP contribution in [0.25, 0.3) is 0 Å². The van der Waals surface area contributed by atoms with E-state index < -0.39 is 0 Å². The van der Waals surface area contributed by atoms with E-state index in [1.54, 1.807) is 0 Å². The van der Waals surface area contributed by atoms with Crippen molar-refractivity contribution in [1.29, 1.82) is 0 Å². The zero-order valence-corrected chi connectivity index (χ0v) is 8.01. The van der Waals surface area contributed by atoms with Gasteiger partial charge in [0, 0.05) is 25.8 Å². The molecule has 0 bridgehead atoms. The summed E-state index contributed by atoms with van der Waals surface area (Å²) in [7, 11) is 0. The third kappa shape index (κ3) is 3.09. The molecule has 2 unspecified atom stereocenters. The van der Waals surface area contributed by atoms with Crippen LogP contribution in [0.1, 0.15) is 20.3 Å². The molecular weight excluding hydrogens is 154 g/mol. The second kappa shape index (κ2) is 5.51. The predicted molar refractivity (Wildman–Crippen MR) is 48.3 cm³/mol. The molecule has 0 aromatic carbocycles. The fourth-order valence-electron chi connectivity index (χ4n) is 1.46. The Hall–Kier alpha value is -0.120. The normalized spacial score (nSPS) is 29.5. The van der Waals surface area contributed by atoms with Crippen molar-refractivity contribution in [3.63, 3.8) is 0 Å². The molecule has 3 nitrogen and oxygen atoms in total. The van der Waals surface area contributed by atoms with Gasteiger partial charge in [-0.3, -0.25) is 0 Å².